The summed E-state index contributed by atoms with van der Waals surface area (Å²) in [6.07, 6.45) is 4.40. The van der Waals surface area contributed by atoms with E-state index in [0.717, 1.165) is 51.2 Å². The Balaban J connectivity index is 1.23. The molecule has 1 saturated carbocycles. The van der Waals surface area contributed by atoms with E-state index in [-0.39, 0.29) is 74.9 Å². The van der Waals surface area contributed by atoms with Crippen LogP contribution in [0.4, 0.5) is 14.5 Å². The summed E-state index contributed by atoms with van der Waals surface area (Å²) in [6.45, 7) is -0.237. The molecular formula is C43H44Cl2F2N4O8. The Morgan fingerprint density at radius 2 is 1.61 bits per heavy atom. The molecule has 4 aromatic rings. The highest BCUT2D eigenvalue weighted by atomic mass is 35.5. The number of halogens is 4. The second kappa shape index (κ2) is 18.4. The van der Waals surface area contributed by atoms with E-state index < -0.39 is 36.6 Å². The van der Waals surface area contributed by atoms with E-state index in [0.29, 0.717) is 22.4 Å². The van der Waals surface area contributed by atoms with Crippen molar-refractivity contribution in [2.75, 3.05) is 45.7 Å². The van der Waals surface area contributed by atoms with E-state index in [1.165, 1.54) is 35.2 Å². The number of aromatic nitrogens is 1. The number of amides is 1. The molecule has 59 heavy (non-hydrogen) atoms. The Kier molecular flexibility index (Phi) is 13.1. The molecule has 3 aliphatic heterocycles. The van der Waals surface area contributed by atoms with E-state index in [4.69, 9.17) is 42.1 Å². The van der Waals surface area contributed by atoms with Crippen molar-refractivity contribution in [3.63, 3.8) is 0 Å². The number of pyridine rings is 1. The van der Waals surface area contributed by atoms with Crippen molar-refractivity contribution in [3.8, 4) is 11.5 Å². The van der Waals surface area contributed by atoms with E-state index >= 15 is 0 Å². The quantitative estimate of drug-likeness (QED) is 0.0681. The lowest BCUT2D eigenvalue weighted by Gasteiger charge is -2.44. The van der Waals surface area contributed by atoms with Crippen molar-refractivity contribution in [1.82, 2.24) is 9.80 Å². The van der Waals surface area contributed by atoms with Crippen molar-refractivity contribution in [3.05, 3.63) is 122 Å². The molecule has 16 heteroatoms. The molecule has 4 aliphatic rings. The molecule has 3 aromatic carbocycles. The minimum Gasteiger partial charge on any atom is -0.619 e. The van der Waals surface area contributed by atoms with Gasteiger partial charge in [-0.1, -0.05) is 59.6 Å². The fraction of sp³-hybridized carbons (Fsp3) is 0.395. The molecule has 4 fully saturated rings. The molecule has 3 atom stereocenters. The number of nitrogens with zero attached hydrogens (tertiary/aromatic N) is 3. The van der Waals surface area contributed by atoms with E-state index in [2.05, 4.69) is 10.2 Å². The van der Waals surface area contributed by atoms with Crippen molar-refractivity contribution in [1.29, 1.82) is 0 Å². The predicted molar refractivity (Wildman–Crippen MR) is 215 cm³/mol. The Bertz CT molecular complexity index is 2150. The third kappa shape index (κ3) is 10.5. The van der Waals surface area contributed by atoms with Crippen molar-refractivity contribution < 1.29 is 46.8 Å². The van der Waals surface area contributed by atoms with Crippen LogP contribution in [0.3, 0.4) is 0 Å². The molecule has 1 aromatic heterocycles. The van der Waals surface area contributed by atoms with Crippen LogP contribution < -0.4 is 19.5 Å². The summed E-state index contributed by atoms with van der Waals surface area (Å²) >= 11 is 12.9. The third-order valence-electron chi connectivity index (χ3n) is 10.8. The van der Waals surface area contributed by atoms with Crippen LogP contribution in [0.1, 0.15) is 75.2 Å². The van der Waals surface area contributed by atoms with Crippen LogP contribution >= 0.6 is 23.2 Å². The molecule has 1 unspecified atom stereocenters. The first-order chi connectivity index (χ1) is 28.3. The van der Waals surface area contributed by atoms with Gasteiger partial charge in [0.05, 0.1) is 12.2 Å². The number of carbonyl (C=O) groups excluding carboxylic acids is 3. The number of alkyl halides is 2. The van der Waals surface area contributed by atoms with Gasteiger partial charge in [0, 0.05) is 43.9 Å². The molecule has 312 valence electrons. The third-order valence-corrected chi connectivity index (χ3v) is 11.4. The number of anilines is 1. The average molecular weight is 854 g/mol. The van der Waals surface area contributed by atoms with Crippen LogP contribution in [-0.2, 0) is 20.7 Å². The highest BCUT2D eigenvalue weighted by Crippen LogP contribution is 2.39. The lowest BCUT2D eigenvalue weighted by molar-refractivity contribution is -0.605. The van der Waals surface area contributed by atoms with Gasteiger partial charge in [0.2, 0.25) is 0 Å². The average Bonchev–Trinajstić information content (AvgIpc) is 4.05. The fourth-order valence-corrected chi connectivity index (χ4v) is 8.02. The molecule has 2 bridgehead atoms. The molecule has 0 radical (unpaired) electrons. The number of benzene rings is 3. The van der Waals surface area contributed by atoms with Gasteiger partial charge in [0.1, 0.15) is 22.3 Å². The summed E-state index contributed by atoms with van der Waals surface area (Å²) in [4.78, 5) is 45.4. The normalized spacial score (nSPS) is 19.4. The van der Waals surface area contributed by atoms with Gasteiger partial charge >= 0.3 is 18.6 Å². The van der Waals surface area contributed by atoms with Gasteiger partial charge in [-0.15, -0.1) is 0 Å². The van der Waals surface area contributed by atoms with Crippen molar-refractivity contribution >= 4 is 46.7 Å². The Morgan fingerprint density at radius 3 is 2.24 bits per heavy atom. The Hall–Kier alpha value is -5.18. The fourth-order valence-electron chi connectivity index (χ4n) is 7.42. The molecular weight excluding hydrogens is 809 g/mol. The smallest absolute Gasteiger partial charge is 0.387 e. The molecule has 1 aliphatic carbocycles. The number of ether oxygens (including phenoxy) is 4. The maximum absolute atomic E-state index is 14.3. The molecule has 8 rings (SSSR count). The molecule has 4 heterocycles. The number of piperidine rings is 3. The lowest BCUT2D eigenvalue weighted by atomic mass is 9.86. The van der Waals surface area contributed by atoms with Crippen LogP contribution in [0, 0.1) is 17.0 Å². The summed E-state index contributed by atoms with van der Waals surface area (Å²) in [5, 5.41) is 15.3. The molecule has 1 N–H and O–H groups in total. The zero-order chi connectivity index (χ0) is 41.8. The standard InChI is InChI=1S/C43H44Cl2F2N4O8/c1-49(2)40(52)29-16-30(18-31(17-29)48-39(27-6-4-3-5-7-27)42(54)58-38-23-50-14-12-26(38)13-15-50)41(53)57-36(20-32-33(44)21-51(55)22-34(32)45)28-10-11-35(59-43(46)47)37(19-28)56-24-25-8-9-25/h3-7,10-11,16-19,21-22,25-26,36,38-39,43,48H,8-9,12-15,20,23-24H2,1-2H3/t36-,38-,39?/m0/s1. The first kappa shape index (κ1) is 42.0. The maximum Gasteiger partial charge on any atom is 0.387 e. The monoisotopic (exact) mass is 852 g/mol. The van der Waals surface area contributed by atoms with Gasteiger partial charge in [-0.2, -0.15) is 13.5 Å². The Labute approximate surface area is 350 Å². The SMILES string of the molecule is CN(C)C(=O)c1cc(NC(C(=O)O[C@H]2CN3CCC2CC3)c2ccccc2)cc(C(=O)O[C@@H](Cc2c(Cl)c[n+]([O-])cc2Cl)c2ccc(OC(F)F)c(OCC3CC3)c2)c1. The van der Waals surface area contributed by atoms with E-state index in [1.54, 1.807) is 44.4 Å². The predicted octanol–water partition coefficient (Wildman–Crippen LogP) is 7.65. The molecule has 3 saturated heterocycles. The van der Waals surface area contributed by atoms with Crippen LogP contribution in [0.2, 0.25) is 10.0 Å². The summed E-state index contributed by atoms with van der Waals surface area (Å²) < 4.78 is 50.2. The minimum atomic E-state index is -3.12. The zero-order valence-electron chi connectivity index (χ0n) is 32.5. The van der Waals surface area contributed by atoms with Crippen molar-refractivity contribution in [2.24, 2.45) is 11.8 Å². The highest BCUT2D eigenvalue weighted by Gasteiger charge is 2.38. The van der Waals surface area contributed by atoms with Crippen LogP contribution in [-0.4, -0.2) is 80.7 Å². The van der Waals surface area contributed by atoms with Gasteiger partial charge in [-0.05, 0) is 92.1 Å². The second-order valence-corrected chi connectivity index (χ2v) is 16.1. The van der Waals surface area contributed by atoms with Gasteiger partial charge < -0.3 is 34.4 Å². The van der Waals surface area contributed by atoms with E-state index in [9.17, 15) is 28.4 Å². The number of rotatable bonds is 16. The van der Waals surface area contributed by atoms with Crippen molar-refractivity contribution in [2.45, 2.75) is 57.0 Å². The number of hydrogen-bond donors (Lipinski definition) is 1. The second-order valence-electron chi connectivity index (χ2n) is 15.3. The number of esters is 2. The summed E-state index contributed by atoms with van der Waals surface area (Å²) in [5.74, 6) is -1.45. The van der Waals surface area contributed by atoms with Crippen LogP contribution in [0.15, 0.2) is 79.1 Å². The Morgan fingerprint density at radius 1 is 0.915 bits per heavy atom. The number of fused-ring (bicyclic) bond motifs is 3. The van der Waals surface area contributed by atoms with Crippen LogP contribution in [0.25, 0.3) is 0 Å². The van der Waals surface area contributed by atoms with E-state index in [1.807, 2.05) is 6.07 Å². The van der Waals surface area contributed by atoms with Crippen LogP contribution in [0.5, 0.6) is 11.5 Å². The summed E-state index contributed by atoms with van der Waals surface area (Å²) in [6, 6.07) is 16.6. The first-order valence-electron chi connectivity index (χ1n) is 19.4. The molecule has 12 nitrogen and oxygen atoms in total. The lowest BCUT2D eigenvalue weighted by Crippen LogP contribution is -2.52. The first-order valence-corrected chi connectivity index (χ1v) is 20.2. The van der Waals surface area contributed by atoms with Gasteiger partial charge in [-0.3, -0.25) is 9.69 Å². The topological polar surface area (TPSA) is 134 Å². The molecule has 1 amide bonds. The summed E-state index contributed by atoms with van der Waals surface area (Å²) in [7, 11) is 3.13. The highest BCUT2D eigenvalue weighted by molar-refractivity contribution is 6.35. The van der Waals surface area contributed by atoms with Gasteiger partial charge in [0.15, 0.2) is 29.9 Å². The largest absolute Gasteiger partial charge is 0.619 e. The maximum atomic E-state index is 14.3. The van der Waals surface area contributed by atoms with Gasteiger partial charge in [-0.25, -0.2) is 9.59 Å². The van der Waals surface area contributed by atoms with Gasteiger partial charge in [0.25, 0.3) is 5.91 Å². The molecule has 0 spiro atoms. The zero-order valence-corrected chi connectivity index (χ0v) is 34.0. The number of carbonyl (C=O) groups is 3. The number of hydrogen-bond acceptors (Lipinski definition) is 10. The number of nitrogens with one attached hydrogen (secondary N) is 1. The summed E-state index contributed by atoms with van der Waals surface area (Å²) in [5.41, 5.74) is 1.54. The minimum absolute atomic E-state index is 0.00134.